The van der Waals surface area contributed by atoms with Gasteiger partial charge in [-0.05, 0) is 36.2 Å². The molecule has 0 heterocycles. The number of ether oxygens (including phenoxy) is 1. The molecule has 2 rings (SSSR count). The van der Waals surface area contributed by atoms with Crippen molar-refractivity contribution in [2.45, 2.75) is 12.6 Å². The molecule has 0 saturated carbocycles. The minimum atomic E-state index is -4.57. The van der Waals surface area contributed by atoms with Gasteiger partial charge in [-0.15, -0.1) is 0 Å². The standard InChI is InChI=1S/C17H17F3N4O4/c1-28-15-5-3-11(17(18,19)20)9-13(15)23-16(25)22-7-6-10-2-4-12(21)14(8-10)24(26)27/h2-5,8-9H,6-7,21H2,1H3,(H2,22,23,25). The molecule has 0 aliphatic heterocycles. The van der Waals surface area contributed by atoms with Crippen molar-refractivity contribution >= 4 is 23.1 Å². The summed E-state index contributed by atoms with van der Waals surface area (Å²) in [4.78, 5) is 22.2. The van der Waals surface area contributed by atoms with E-state index in [0.29, 0.717) is 5.56 Å². The van der Waals surface area contributed by atoms with Gasteiger partial charge in [-0.2, -0.15) is 13.2 Å². The predicted molar refractivity (Wildman–Crippen MR) is 96.2 cm³/mol. The van der Waals surface area contributed by atoms with E-state index in [9.17, 15) is 28.1 Å². The fraction of sp³-hybridized carbons (Fsp3) is 0.235. The van der Waals surface area contributed by atoms with Gasteiger partial charge in [-0.25, -0.2) is 4.79 Å². The van der Waals surface area contributed by atoms with Crippen LogP contribution in [0.3, 0.4) is 0 Å². The van der Waals surface area contributed by atoms with Crippen molar-refractivity contribution in [3.63, 3.8) is 0 Å². The molecule has 0 atom stereocenters. The monoisotopic (exact) mass is 398 g/mol. The number of nitrogen functional groups attached to an aromatic ring is 1. The van der Waals surface area contributed by atoms with Crippen LogP contribution in [0.1, 0.15) is 11.1 Å². The molecule has 0 aromatic heterocycles. The van der Waals surface area contributed by atoms with Crippen molar-refractivity contribution in [2.24, 2.45) is 0 Å². The number of rotatable bonds is 6. The van der Waals surface area contributed by atoms with Crippen molar-refractivity contribution in [1.82, 2.24) is 5.32 Å². The van der Waals surface area contributed by atoms with Crippen molar-refractivity contribution < 1.29 is 27.6 Å². The number of nitrogens with zero attached hydrogens (tertiary/aromatic N) is 1. The lowest BCUT2D eigenvalue weighted by atomic mass is 10.1. The van der Waals surface area contributed by atoms with Gasteiger partial charge >= 0.3 is 12.2 Å². The number of anilines is 2. The Bertz CT molecular complexity index is 887. The first-order valence-corrected chi connectivity index (χ1v) is 7.94. The highest BCUT2D eigenvalue weighted by atomic mass is 19.4. The highest BCUT2D eigenvalue weighted by Gasteiger charge is 2.31. The van der Waals surface area contributed by atoms with Crippen LogP contribution in [0.25, 0.3) is 0 Å². The lowest BCUT2D eigenvalue weighted by Gasteiger charge is -2.14. The number of alkyl halides is 3. The number of benzene rings is 2. The second kappa shape index (κ2) is 8.46. The van der Waals surface area contributed by atoms with Crippen LogP contribution in [-0.4, -0.2) is 24.6 Å². The lowest BCUT2D eigenvalue weighted by molar-refractivity contribution is -0.384. The molecule has 11 heteroatoms. The average molecular weight is 398 g/mol. The van der Waals surface area contributed by atoms with Crippen molar-refractivity contribution in [3.05, 3.63) is 57.6 Å². The highest BCUT2D eigenvalue weighted by Crippen LogP contribution is 2.34. The van der Waals surface area contributed by atoms with Gasteiger partial charge in [0, 0.05) is 12.6 Å². The van der Waals surface area contributed by atoms with E-state index < -0.39 is 22.7 Å². The molecule has 0 spiro atoms. The van der Waals surface area contributed by atoms with Crippen LogP contribution < -0.4 is 21.1 Å². The van der Waals surface area contributed by atoms with Gasteiger partial charge < -0.3 is 21.1 Å². The molecule has 2 aromatic rings. The zero-order chi connectivity index (χ0) is 20.9. The summed E-state index contributed by atoms with van der Waals surface area (Å²) in [5.74, 6) is 0.0670. The summed E-state index contributed by atoms with van der Waals surface area (Å²) < 4.78 is 43.4. The second-order valence-electron chi connectivity index (χ2n) is 5.69. The summed E-state index contributed by atoms with van der Waals surface area (Å²) >= 11 is 0. The van der Waals surface area contributed by atoms with E-state index in [-0.39, 0.29) is 35.8 Å². The number of methoxy groups -OCH3 is 1. The minimum absolute atomic E-state index is 0.0242. The number of nitro groups is 1. The summed E-state index contributed by atoms with van der Waals surface area (Å²) in [6.45, 7) is 0.0915. The van der Waals surface area contributed by atoms with Crippen molar-refractivity contribution in [2.75, 3.05) is 24.7 Å². The van der Waals surface area contributed by atoms with Gasteiger partial charge in [0.05, 0.1) is 23.3 Å². The van der Waals surface area contributed by atoms with E-state index >= 15 is 0 Å². The Labute approximate surface area is 157 Å². The molecule has 0 radical (unpaired) electrons. The number of amides is 2. The zero-order valence-corrected chi connectivity index (χ0v) is 14.7. The molecule has 2 amide bonds. The highest BCUT2D eigenvalue weighted by molar-refractivity contribution is 5.91. The van der Waals surface area contributed by atoms with Gasteiger partial charge in [0.1, 0.15) is 11.4 Å². The molecule has 0 saturated heterocycles. The van der Waals surface area contributed by atoms with E-state index in [4.69, 9.17) is 10.5 Å². The fourth-order valence-electron chi connectivity index (χ4n) is 2.37. The molecule has 0 bridgehead atoms. The maximum absolute atomic E-state index is 12.8. The Morgan fingerprint density at radius 1 is 1.25 bits per heavy atom. The summed E-state index contributed by atoms with van der Waals surface area (Å²) in [6, 6.07) is 6.23. The molecule has 2 aromatic carbocycles. The minimum Gasteiger partial charge on any atom is -0.495 e. The SMILES string of the molecule is COc1ccc(C(F)(F)F)cc1NC(=O)NCCc1ccc(N)c([N+](=O)[O-])c1. The Kier molecular flexibility index (Phi) is 6.29. The summed E-state index contributed by atoms with van der Waals surface area (Å²) in [7, 11) is 1.26. The number of nitro benzene ring substituents is 1. The number of hydrogen-bond donors (Lipinski definition) is 3. The number of nitrogens with two attached hydrogens (primary N) is 1. The van der Waals surface area contributed by atoms with Crippen LogP contribution in [0.5, 0.6) is 5.75 Å². The van der Waals surface area contributed by atoms with Crippen molar-refractivity contribution in [3.8, 4) is 5.75 Å². The molecule has 28 heavy (non-hydrogen) atoms. The Hall–Kier alpha value is -3.50. The molecular weight excluding hydrogens is 381 g/mol. The smallest absolute Gasteiger partial charge is 0.416 e. The maximum Gasteiger partial charge on any atom is 0.416 e. The van der Waals surface area contributed by atoms with Crippen LogP contribution in [-0.2, 0) is 12.6 Å². The fourth-order valence-corrected chi connectivity index (χ4v) is 2.37. The molecule has 0 unspecified atom stereocenters. The summed E-state index contributed by atoms with van der Waals surface area (Å²) in [5.41, 5.74) is 4.79. The Morgan fingerprint density at radius 3 is 2.57 bits per heavy atom. The molecular formula is C17H17F3N4O4. The number of hydrogen-bond acceptors (Lipinski definition) is 5. The number of urea groups is 1. The molecule has 8 nitrogen and oxygen atoms in total. The van der Waals surface area contributed by atoms with E-state index in [1.807, 2.05) is 0 Å². The summed E-state index contributed by atoms with van der Waals surface area (Å²) in [6.07, 6.45) is -4.31. The summed E-state index contributed by atoms with van der Waals surface area (Å²) in [5, 5.41) is 15.6. The van der Waals surface area contributed by atoms with Gasteiger partial charge in [-0.1, -0.05) is 6.07 Å². The first-order chi connectivity index (χ1) is 13.1. The number of halogens is 3. The quantitative estimate of drug-likeness (QED) is 0.390. The average Bonchev–Trinajstić information content (AvgIpc) is 2.62. The Balaban J connectivity index is 2.00. The van der Waals surface area contributed by atoms with Crippen molar-refractivity contribution in [1.29, 1.82) is 0 Å². The largest absolute Gasteiger partial charge is 0.495 e. The van der Waals surface area contributed by atoms with E-state index in [1.54, 1.807) is 6.07 Å². The zero-order valence-electron chi connectivity index (χ0n) is 14.7. The van der Waals surface area contributed by atoms with Crippen LogP contribution in [0.15, 0.2) is 36.4 Å². The topological polar surface area (TPSA) is 120 Å². The van der Waals surface area contributed by atoms with Crippen LogP contribution in [0.2, 0.25) is 0 Å². The third kappa shape index (κ3) is 5.25. The van der Waals surface area contributed by atoms with Crippen LogP contribution in [0, 0.1) is 10.1 Å². The van der Waals surface area contributed by atoms with Gasteiger partial charge in [0.15, 0.2) is 0 Å². The molecule has 0 aliphatic carbocycles. The third-order valence-electron chi connectivity index (χ3n) is 3.77. The molecule has 0 aliphatic rings. The number of nitrogens with one attached hydrogen (secondary N) is 2. The molecule has 4 N–H and O–H groups in total. The number of carbonyl (C=O) groups is 1. The predicted octanol–water partition coefficient (Wildman–Crippen LogP) is 3.57. The second-order valence-corrected chi connectivity index (χ2v) is 5.69. The van der Waals surface area contributed by atoms with E-state index in [1.165, 1.54) is 19.2 Å². The maximum atomic E-state index is 12.8. The van der Waals surface area contributed by atoms with Gasteiger partial charge in [0.25, 0.3) is 5.69 Å². The lowest BCUT2D eigenvalue weighted by Crippen LogP contribution is -2.30. The van der Waals surface area contributed by atoms with Crippen LogP contribution >= 0.6 is 0 Å². The van der Waals surface area contributed by atoms with Gasteiger partial charge in [0.2, 0.25) is 0 Å². The molecule has 150 valence electrons. The van der Waals surface area contributed by atoms with E-state index in [0.717, 1.165) is 18.2 Å². The molecule has 0 fully saturated rings. The first-order valence-electron chi connectivity index (χ1n) is 7.94. The van der Waals surface area contributed by atoms with Gasteiger partial charge in [-0.3, -0.25) is 10.1 Å². The number of carbonyl (C=O) groups excluding carboxylic acids is 1. The van der Waals surface area contributed by atoms with E-state index in [2.05, 4.69) is 10.6 Å². The Morgan fingerprint density at radius 2 is 1.96 bits per heavy atom. The van der Waals surface area contributed by atoms with Crippen LogP contribution in [0.4, 0.5) is 35.0 Å². The third-order valence-corrected chi connectivity index (χ3v) is 3.77. The first kappa shape index (κ1) is 20.8. The normalized spacial score (nSPS) is 11.0.